The second kappa shape index (κ2) is 29.3. The molecule has 4 atom stereocenters. The lowest BCUT2D eigenvalue weighted by molar-refractivity contribution is 0.0503. The summed E-state index contributed by atoms with van der Waals surface area (Å²) in [5, 5.41) is 5.56. The van der Waals surface area contributed by atoms with Gasteiger partial charge in [0.15, 0.2) is 0 Å². The summed E-state index contributed by atoms with van der Waals surface area (Å²) in [6.45, 7) is 6.56. The van der Waals surface area contributed by atoms with Crippen molar-refractivity contribution >= 4 is 31.9 Å². The van der Waals surface area contributed by atoms with Crippen LogP contribution in [0.3, 0.4) is 0 Å². The zero-order valence-corrected chi connectivity index (χ0v) is 47.1. The van der Waals surface area contributed by atoms with Gasteiger partial charge < -0.3 is 39.1 Å². The lowest BCUT2D eigenvalue weighted by Gasteiger charge is -2.35. The predicted octanol–water partition coefficient (Wildman–Crippen LogP) is 6.23. The van der Waals surface area contributed by atoms with Crippen molar-refractivity contribution in [1.82, 2.24) is 29.9 Å². The maximum atomic E-state index is 13.0. The minimum atomic E-state index is -3.77. The molecule has 0 bridgehead atoms. The largest absolute Gasteiger partial charge is 0.484 e. The molecule has 0 spiro atoms. The monoisotopic (exact) mass is 1140 g/mol. The van der Waals surface area contributed by atoms with E-state index < -0.39 is 20.0 Å². The van der Waals surface area contributed by atoms with Crippen LogP contribution in [-0.4, -0.2) is 156 Å². The summed E-state index contributed by atoms with van der Waals surface area (Å²) in [5.74, 6) is 0.529. The van der Waals surface area contributed by atoms with E-state index in [-0.39, 0.29) is 125 Å². The summed E-state index contributed by atoms with van der Waals surface area (Å²) in [4.78, 5) is 31.0. The molecule has 80 heavy (non-hydrogen) atoms. The minimum absolute atomic E-state index is 0.0799. The van der Waals surface area contributed by atoms with Crippen LogP contribution in [0.1, 0.15) is 93.7 Å². The molecule has 0 aromatic heterocycles. The van der Waals surface area contributed by atoms with Crippen molar-refractivity contribution in [2.75, 3.05) is 105 Å². The quantitative estimate of drug-likeness (QED) is 0.0376. The number of fused-ring (bicyclic) bond motifs is 2. The van der Waals surface area contributed by atoms with Gasteiger partial charge in [0.05, 0.1) is 74.7 Å². The number of likely N-dealkylation sites (tertiary alicyclic amines) is 2. The van der Waals surface area contributed by atoms with Gasteiger partial charge in [-0.15, -0.1) is 0 Å². The summed E-state index contributed by atoms with van der Waals surface area (Å²) in [5.41, 5.74) is 5.63. The first-order chi connectivity index (χ1) is 39.0. The molecule has 5 aromatic carbocycles. The molecule has 20 heteroatoms. The maximum Gasteiger partial charge on any atom is 0.251 e. The number of ether oxygens (including phenoxy) is 6. The fraction of sp³-hybridized carbons (Fsp3) is 0.467. The highest BCUT2D eigenvalue weighted by Crippen LogP contribution is 2.41. The van der Waals surface area contributed by atoms with Gasteiger partial charge in [-0.3, -0.25) is 19.4 Å². The van der Waals surface area contributed by atoms with Crippen LogP contribution in [0.2, 0.25) is 0 Å². The fourth-order valence-electron chi connectivity index (χ4n) is 11.0. The average molecular weight is 1140 g/mol. The fourth-order valence-corrected chi connectivity index (χ4v) is 13.0. The number of nitrogens with zero attached hydrogens (tertiary/aromatic N) is 2. The molecule has 18 nitrogen and oxygen atoms in total. The molecule has 0 radical (unpaired) electrons. The second-order valence-electron chi connectivity index (χ2n) is 20.5. The van der Waals surface area contributed by atoms with Crippen LogP contribution < -0.4 is 29.6 Å². The molecule has 9 rings (SSSR count). The van der Waals surface area contributed by atoms with Crippen LogP contribution in [0, 0.1) is 0 Å². The molecule has 2 fully saturated rings. The number of carbonyl (C=O) groups is 2. The molecular formula is C60H76N6O12S2. The normalized spacial score (nSPS) is 19.5. The molecule has 2 heterocycles. The van der Waals surface area contributed by atoms with E-state index in [9.17, 15) is 26.4 Å². The molecule has 2 aliphatic carbocycles. The Kier molecular flexibility index (Phi) is 21.5. The number of benzene rings is 5. The van der Waals surface area contributed by atoms with Gasteiger partial charge in [-0.1, -0.05) is 67.4 Å². The number of nitrogens with one attached hydrogen (secondary N) is 4. The smallest absolute Gasteiger partial charge is 0.251 e. The van der Waals surface area contributed by atoms with Crippen LogP contribution >= 0.6 is 0 Å². The first kappa shape index (κ1) is 58.9. The van der Waals surface area contributed by atoms with Crippen LogP contribution in [0.5, 0.6) is 11.5 Å². The van der Waals surface area contributed by atoms with Crippen molar-refractivity contribution < 1.29 is 54.8 Å². The Morgan fingerprint density at radius 1 is 0.438 bits per heavy atom. The molecule has 5 aromatic rings. The average Bonchev–Trinajstić information content (AvgIpc) is 4.04. The predicted molar refractivity (Wildman–Crippen MR) is 303 cm³/mol. The van der Waals surface area contributed by atoms with Gasteiger partial charge in [0.25, 0.3) is 11.8 Å². The first-order valence-corrected chi connectivity index (χ1v) is 31.1. The number of amides is 2. The minimum Gasteiger partial charge on any atom is -0.484 e. The number of hydrogen-bond donors (Lipinski definition) is 4. The van der Waals surface area contributed by atoms with E-state index in [1.54, 1.807) is 66.7 Å². The van der Waals surface area contributed by atoms with Crippen LogP contribution in [0.15, 0.2) is 131 Å². The van der Waals surface area contributed by atoms with Crippen LogP contribution in [0.4, 0.5) is 0 Å². The Morgan fingerprint density at radius 3 is 1.21 bits per heavy atom. The van der Waals surface area contributed by atoms with E-state index in [2.05, 4.69) is 66.3 Å². The molecule has 4 N–H and O–H groups in total. The van der Waals surface area contributed by atoms with E-state index >= 15 is 0 Å². The van der Waals surface area contributed by atoms with E-state index in [1.807, 2.05) is 12.1 Å². The van der Waals surface area contributed by atoms with Gasteiger partial charge in [-0.05, 0) is 154 Å². The summed E-state index contributed by atoms with van der Waals surface area (Å²) in [7, 11) is -7.53. The van der Waals surface area contributed by atoms with Gasteiger partial charge in [0.2, 0.25) is 20.0 Å². The van der Waals surface area contributed by atoms with Gasteiger partial charge in [0.1, 0.15) is 23.7 Å². The van der Waals surface area contributed by atoms with Crippen molar-refractivity contribution in [3.63, 3.8) is 0 Å². The van der Waals surface area contributed by atoms with Crippen LogP contribution in [-0.2, 0) is 51.8 Å². The molecule has 4 aliphatic rings. The van der Waals surface area contributed by atoms with Crippen molar-refractivity contribution in [3.05, 3.63) is 155 Å². The number of carbonyl (C=O) groups excluding carboxylic acids is 2. The molecule has 0 saturated carbocycles. The summed E-state index contributed by atoms with van der Waals surface area (Å²) in [6, 6.07) is 36.8. The highest BCUT2D eigenvalue weighted by molar-refractivity contribution is 7.89. The molecule has 0 unspecified atom stereocenters. The lowest BCUT2D eigenvalue weighted by Crippen LogP contribution is -2.43. The maximum absolute atomic E-state index is 13.0. The third-order valence-electron chi connectivity index (χ3n) is 15.1. The zero-order chi connectivity index (χ0) is 55.6. The highest BCUT2D eigenvalue weighted by atomic mass is 32.2. The Balaban J connectivity index is 0.578. The Bertz CT molecular complexity index is 2810. The van der Waals surface area contributed by atoms with Crippen LogP contribution in [0.25, 0.3) is 0 Å². The van der Waals surface area contributed by atoms with Crippen molar-refractivity contribution in [1.29, 1.82) is 0 Å². The number of piperidine rings is 2. The molecule has 2 saturated heterocycles. The third kappa shape index (κ3) is 16.2. The van der Waals surface area contributed by atoms with Gasteiger partial charge in [-0.2, -0.15) is 0 Å². The van der Waals surface area contributed by atoms with E-state index in [0.29, 0.717) is 22.6 Å². The Labute approximate surface area is 471 Å². The molecule has 2 aliphatic heterocycles. The first-order valence-electron chi connectivity index (χ1n) is 28.2. The summed E-state index contributed by atoms with van der Waals surface area (Å²) in [6.07, 6.45) is 8.94. The number of hydrogen-bond acceptors (Lipinski definition) is 14. The number of rotatable bonds is 30. The SMILES string of the molecule is O=C(NCCOCCOCCNS(=O)(=O)c1ccc(O[C@@H]2c3ccccc3C[C@H]2N2CCCCC2)cc1)c1cccc(C(=O)NCCOCCOCCNS(=O)(=O)c2ccc(O[C@H]3c4ccccc4C[C@@H]3N3CCCCC3)cc2)c1. The lowest BCUT2D eigenvalue weighted by atomic mass is 10.0. The van der Waals surface area contributed by atoms with Crippen molar-refractivity contribution in [3.8, 4) is 11.5 Å². The van der Waals surface area contributed by atoms with Gasteiger partial charge in [-0.25, -0.2) is 26.3 Å². The molecule has 430 valence electrons. The summed E-state index contributed by atoms with van der Waals surface area (Å²) >= 11 is 0. The molecule has 2 amide bonds. The zero-order valence-electron chi connectivity index (χ0n) is 45.4. The van der Waals surface area contributed by atoms with Crippen molar-refractivity contribution in [2.24, 2.45) is 0 Å². The standard InChI is InChI=1S/C60H76N6O12S2/c67-59(61-26-34-73-38-40-75-36-28-63-79(69,70)51-22-18-49(19-23-51)77-57-53-16-5-3-12-45(53)43-55(57)65-30-7-1-8-31-65)47-14-11-15-48(42-47)60(68)62-27-35-74-39-41-76-37-29-64-80(71,72)52-24-20-50(21-25-52)78-58-54-17-6-4-13-46(54)44-56(58)66-32-9-2-10-33-66/h3-6,11-25,42,55-58,63-64H,1-2,7-10,26-41,43-44H2,(H,61,67)(H,62,68)/t55-,56+,57-,58+. The second-order valence-corrected chi connectivity index (χ2v) is 24.0. The van der Waals surface area contributed by atoms with E-state index in [4.69, 9.17) is 28.4 Å². The van der Waals surface area contributed by atoms with Gasteiger partial charge >= 0.3 is 0 Å². The van der Waals surface area contributed by atoms with Gasteiger partial charge in [0, 0.05) is 37.3 Å². The molecular weight excluding hydrogens is 1060 g/mol. The Morgan fingerprint density at radius 2 is 0.812 bits per heavy atom. The summed E-state index contributed by atoms with van der Waals surface area (Å²) < 4.78 is 92.7. The Hall–Kier alpha value is -5.78. The topological polar surface area (TPSA) is 212 Å². The van der Waals surface area contributed by atoms with E-state index in [0.717, 1.165) is 39.0 Å². The van der Waals surface area contributed by atoms with Crippen molar-refractivity contribution in [2.45, 2.75) is 85.4 Å². The number of sulfonamides is 2. The highest BCUT2D eigenvalue weighted by Gasteiger charge is 2.40. The van der Waals surface area contributed by atoms with E-state index in [1.165, 1.54) is 66.8 Å². The third-order valence-corrected chi connectivity index (χ3v) is 18.0.